The van der Waals surface area contributed by atoms with Crippen LogP contribution in [0.1, 0.15) is 39.9 Å². The van der Waals surface area contributed by atoms with Gasteiger partial charge in [0.25, 0.3) is 17.5 Å². The maximum absolute atomic E-state index is 12.5. The summed E-state index contributed by atoms with van der Waals surface area (Å²) in [5.74, 6) is -0.938. The highest BCUT2D eigenvalue weighted by Crippen LogP contribution is 2.31. The van der Waals surface area contributed by atoms with Crippen molar-refractivity contribution in [3.05, 3.63) is 45.3 Å². The van der Waals surface area contributed by atoms with Crippen molar-refractivity contribution in [1.29, 1.82) is 0 Å². The van der Waals surface area contributed by atoms with Crippen LogP contribution < -0.4 is 0 Å². The Labute approximate surface area is 129 Å². The quantitative estimate of drug-likeness (QED) is 0.453. The fraction of sp³-hybridized carbons (Fsp3) is 0.308. The second kappa shape index (κ2) is 5.55. The minimum atomic E-state index is -0.705. The summed E-state index contributed by atoms with van der Waals surface area (Å²) in [5, 5.41) is 22.2. The van der Waals surface area contributed by atoms with E-state index < -0.39 is 16.7 Å². The van der Waals surface area contributed by atoms with Crippen molar-refractivity contribution >= 4 is 17.5 Å². The zero-order valence-corrected chi connectivity index (χ0v) is 12.2. The van der Waals surface area contributed by atoms with E-state index in [9.17, 15) is 19.7 Å². The Morgan fingerprint density at radius 1 is 1.26 bits per heavy atom. The predicted molar refractivity (Wildman–Crippen MR) is 75.4 cm³/mol. The van der Waals surface area contributed by atoms with Crippen LogP contribution in [0.25, 0.3) is 0 Å². The van der Waals surface area contributed by atoms with Crippen LogP contribution in [0.5, 0.6) is 0 Å². The number of amides is 2. The molecule has 0 saturated heterocycles. The molecule has 0 atom stereocenters. The van der Waals surface area contributed by atoms with E-state index in [4.69, 9.17) is 0 Å². The van der Waals surface area contributed by atoms with Gasteiger partial charge in [-0.2, -0.15) is 0 Å². The molecule has 0 aliphatic carbocycles. The summed E-state index contributed by atoms with van der Waals surface area (Å²) in [6.45, 7) is 2.36. The number of tetrazole rings is 1. The fourth-order valence-electron chi connectivity index (χ4n) is 2.47. The van der Waals surface area contributed by atoms with Gasteiger partial charge in [0.2, 0.25) is 0 Å². The lowest BCUT2D eigenvalue weighted by atomic mass is 10.1. The van der Waals surface area contributed by atoms with E-state index in [0.717, 1.165) is 11.3 Å². The first-order chi connectivity index (χ1) is 11.0. The van der Waals surface area contributed by atoms with Crippen molar-refractivity contribution in [2.75, 3.05) is 0 Å². The average Bonchev–Trinajstić information content (AvgIpc) is 3.06. The summed E-state index contributed by atoms with van der Waals surface area (Å²) >= 11 is 0. The minimum absolute atomic E-state index is 0.0266. The van der Waals surface area contributed by atoms with E-state index in [-0.39, 0.29) is 23.4 Å². The highest BCUT2D eigenvalue weighted by atomic mass is 16.6. The maximum atomic E-state index is 12.5. The van der Waals surface area contributed by atoms with Crippen LogP contribution in [0.4, 0.5) is 5.69 Å². The number of hydrogen-bond acceptors (Lipinski definition) is 7. The lowest BCUT2D eigenvalue weighted by Gasteiger charge is -2.12. The van der Waals surface area contributed by atoms with E-state index in [2.05, 4.69) is 15.5 Å². The van der Waals surface area contributed by atoms with Gasteiger partial charge in [0.15, 0.2) is 5.82 Å². The molecule has 10 heteroatoms. The zero-order chi connectivity index (χ0) is 16.6. The van der Waals surface area contributed by atoms with Crippen molar-refractivity contribution in [1.82, 2.24) is 25.1 Å². The zero-order valence-electron chi connectivity index (χ0n) is 12.2. The largest absolute Gasteiger partial charge is 0.282 e. The summed E-state index contributed by atoms with van der Waals surface area (Å²) in [6.07, 6.45) is 0.783. The first-order valence-electron chi connectivity index (χ1n) is 6.93. The van der Waals surface area contributed by atoms with Gasteiger partial charge in [0, 0.05) is 12.6 Å². The molecule has 0 fully saturated rings. The topological polar surface area (TPSA) is 124 Å². The molecule has 1 aliphatic heterocycles. The molecule has 0 radical (unpaired) electrons. The number of nitro benzene ring substituents is 1. The van der Waals surface area contributed by atoms with Crippen molar-refractivity contribution < 1.29 is 14.5 Å². The molecule has 1 aromatic carbocycles. The monoisotopic (exact) mass is 316 g/mol. The Morgan fingerprint density at radius 3 is 2.74 bits per heavy atom. The molecule has 0 spiro atoms. The second-order valence-electron chi connectivity index (χ2n) is 4.97. The molecule has 2 amide bonds. The number of fused-ring (bicyclic) bond motifs is 1. The molecule has 23 heavy (non-hydrogen) atoms. The number of aromatic nitrogens is 4. The van der Waals surface area contributed by atoms with Crippen LogP contribution in [0.3, 0.4) is 0 Å². The molecule has 0 bridgehead atoms. The Morgan fingerprint density at radius 2 is 2.04 bits per heavy atom. The normalized spacial score (nSPS) is 13.5. The van der Waals surface area contributed by atoms with Gasteiger partial charge in [0.1, 0.15) is 5.56 Å². The molecule has 0 unspecified atom stereocenters. The van der Waals surface area contributed by atoms with E-state index in [1.165, 1.54) is 22.9 Å². The van der Waals surface area contributed by atoms with Gasteiger partial charge >= 0.3 is 0 Å². The molecule has 10 nitrogen and oxygen atoms in total. The first kappa shape index (κ1) is 14.8. The predicted octanol–water partition coefficient (Wildman–Crippen LogP) is 0.787. The van der Waals surface area contributed by atoms with Gasteiger partial charge in [-0.3, -0.25) is 24.6 Å². The molecular weight excluding hydrogens is 304 g/mol. The average molecular weight is 316 g/mol. The van der Waals surface area contributed by atoms with Crippen LogP contribution in [-0.2, 0) is 13.1 Å². The number of carbonyl (C=O) groups is 2. The third-order valence-corrected chi connectivity index (χ3v) is 3.51. The summed E-state index contributed by atoms with van der Waals surface area (Å²) in [6, 6.07) is 3.99. The van der Waals surface area contributed by atoms with Crippen LogP contribution in [-0.4, -0.2) is 41.8 Å². The highest BCUT2D eigenvalue weighted by Gasteiger charge is 2.41. The van der Waals surface area contributed by atoms with Crippen LogP contribution >= 0.6 is 0 Å². The third-order valence-electron chi connectivity index (χ3n) is 3.51. The Kier molecular flexibility index (Phi) is 3.56. The standard InChI is InChI=1S/C13H12N6O4/c1-2-6-18-10(14-15-16-18)7-17-12(20)8-4-3-5-9(19(22)23)11(8)13(17)21/h3-5H,2,6-7H2,1H3. The summed E-state index contributed by atoms with van der Waals surface area (Å²) in [4.78, 5) is 36.1. The van der Waals surface area contributed by atoms with E-state index >= 15 is 0 Å². The Balaban J connectivity index is 1.96. The van der Waals surface area contributed by atoms with Crippen molar-refractivity contribution in [2.24, 2.45) is 0 Å². The first-order valence-corrected chi connectivity index (χ1v) is 6.93. The third kappa shape index (κ3) is 2.33. The number of rotatable bonds is 5. The number of hydrogen-bond donors (Lipinski definition) is 0. The summed E-state index contributed by atoms with van der Waals surface area (Å²) < 4.78 is 1.50. The number of aryl methyl sites for hydroxylation is 1. The van der Waals surface area contributed by atoms with Gasteiger partial charge < -0.3 is 0 Å². The smallest absolute Gasteiger partial charge is 0.269 e. The van der Waals surface area contributed by atoms with Gasteiger partial charge in [-0.15, -0.1) is 5.10 Å². The van der Waals surface area contributed by atoms with Crippen molar-refractivity contribution in [3.63, 3.8) is 0 Å². The van der Waals surface area contributed by atoms with E-state index in [0.29, 0.717) is 12.4 Å². The Hall–Kier alpha value is -3.17. The van der Waals surface area contributed by atoms with Gasteiger partial charge in [-0.05, 0) is 22.9 Å². The number of benzene rings is 1. The highest BCUT2D eigenvalue weighted by molar-refractivity contribution is 6.23. The lowest BCUT2D eigenvalue weighted by Crippen LogP contribution is -2.30. The number of imide groups is 1. The van der Waals surface area contributed by atoms with Crippen molar-refractivity contribution in [2.45, 2.75) is 26.4 Å². The Bertz CT molecular complexity index is 815. The molecule has 2 aromatic rings. The SMILES string of the molecule is CCCn1nnnc1CN1C(=O)c2cccc([N+](=O)[O-])c2C1=O. The van der Waals surface area contributed by atoms with Crippen LogP contribution in [0.2, 0.25) is 0 Å². The second-order valence-corrected chi connectivity index (χ2v) is 4.97. The van der Waals surface area contributed by atoms with Crippen LogP contribution in [0, 0.1) is 10.1 Å². The number of nitro groups is 1. The molecule has 0 saturated carbocycles. The summed E-state index contributed by atoms with van der Waals surface area (Å²) in [7, 11) is 0. The number of carbonyl (C=O) groups excluding carboxylic acids is 2. The van der Waals surface area contributed by atoms with E-state index in [1.54, 1.807) is 0 Å². The lowest BCUT2D eigenvalue weighted by molar-refractivity contribution is -0.385. The molecular formula is C13H12N6O4. The van der Waals surface area contributed by atoms with Gasteiger partial charge in [-0.25, -0.2) is 4.68 Å². The maximum Gasteiger partial charge on any atom is 0.282 e. The molecule has 1 aromatic heterocycles. The van der Waals surface area contributed by atoms with Gasteiger partial charge in [-0.1, -0.05) is 13.0 Å². The molecule has 2 heterocycles. The molecule has 0 N–H and O–H groups in total. The molecule has 3 rings (SSSR count). The minimum Gasteiger partial charge on any atom is -0.269 e. The van der Waals surface area contributed by atoms with Gasteiger partial charge in [0.05, 0.1) is 17.0 Å². The fourth-order valence-corrected chi connectivity index (χ4v) is 2.47. The summed E-state index contributed by atoms with van der Waals surface area (Å²) in [5.41, 5.74) is -0.535. The molecule has 1 aliphatic rings. The number of nitrogens with zero attached hydrogens (tertiary/aromatic N) is 6. The van der Waals surface area contributed by atoms with E-state index in [1.807, 2.05) is 6.92 Å². The van der Waals surface area contributed by atoms with Crippen LogP contribution in [0.15, 0.2) is 18.2 Å². The van der Waals surface area contributed by atoms with Crippen molar-refractivity contribution in [3.8, 4) is 0 Å². The molecule has 118 valence electrons.